The number of carbonyl (C=O) groups excluding carboxylic acids is 1. The Balaban J connectivity index is 2.31. The molecule has 0 aliphatic heterocycles. The summed E-state index contributed by atoms with van der Waals surface area (Å²) in [4.78, 5) is 17.8. The van der Waals surface area contributed by atoms with Crippen molar-refractivity contribution in [2.45, 2.75) is 13.0 Å². The van der Waals surface area contributed by atoms with E-state index >= 15 is 0 Å². The zero-order chi connectivity index (χ0) is 15.6. The first-order valence-electron chi connectivity index (χ1n) is 6.25. The van der Waals surface area contributed by atoms with Crippen molar-refractivity contribution < 1.29 is 9.18 Å². The minimum atomic E-state index is -0.462. The van der Waals surface area contributed by atoms with Crippen molar-refractivity contribution in [1.29, 1.82) is 0 Å². The molecule has 1 atom stereocenters. The summed E-state index contributed by atoms with van der Waals surface area (Å²) in [6.45, 7) is 1.73. The standard InChI is InChI=1S/C15H13Cl2FN2O/c1-9(10-5-3-4-6-12(10)18)20(2)15(21)14-11(16)7-8-13(17)19-14/h3-9H,1-2H3. The lowest BCUT2D eigenvalue weighted by atomic mass is 10.1. The molecule has 2 aromatic rings. The maximum absolute atomic E-state index is 13.8. The van der Waals surface area contributed by atoms with Crippen molar-refractivity contribution in [2.75, 3.05) is 7.05 Å². The van der Waals surface area contributed by atoms with Crippen LogP contribution in [0.1, 0.15) is 29.0 Å². The maximum atomic E-state index is 13.8. The molecule has 0 fully saturated rings. The third kappa shape index (κ3) is 3.34. The number of nitrogens with zero attached hydrogens (tertiary/aromatic N) is 2. The van der Waals surface area contributed by atoms with Gasteiger partial charge in [-0.1, -0.05) is 41.4 Å². The predicted octanol–water partition coefficient (Wildman–Crippen LogP) is 4.36. The number of halogens is 3. The molecular weight excluding hydrogens is 314 g/mol. The van der Waals surface area contributed by atoms with Gasteiger partial charge in [-0.2, -0.15) is 0 Å². The molecule has 0 aliphatic rings. The molecule has 1 aromatic carbocycles. The smallest absolute Gasteiger partial charge is 0.274 e. The number of aromatic nitrogens is 1. The lowest BCUT2D eigenvalue weighted by molar-refractivity contribution is 0.0734. The van der Waals surface area contributed by atoms with E-state index in [2.05, 4.69) is 4.98 Å². The van der Waals surface area contributed by atoms with Gasteiger partial charge in [0.25, 0.3) is 5.91 Å². The molecule has 2 rings (SSSR count). The molecular formula is C15H13Cl2FN2O. The SMILES string of the molecule is CC(c1ccccc1F)N(C)C(=O)c1nc(Cl)ccc1Cl. The van der Waals surface area contributed by atoms with E-state index in [0.29, 0.717) is 5.56 Å². The Morgan fingerprint density at radius 1 is 1.24 bits per heavy atom. The summed E-state index contributed by atoms with van der Waals surface area (Å²) < 4.78 is 13.8. The molecule has 110 valence electrons. The van der Waals surface area contributed by atoms with Crippen LogP contribution >= 0.6 is 23.2 Å². The maximum Gasteiger partial charge on any atom is 0.274 e. The first-order chi connectivity index (χ1) is 9.91. The first-order valence-corrected chi connectivity index (χ1v) is 7.01. The summed E-state index contributed by atoms with van der Waals surface area (Å²) in [7, 11) is 1.57. The second kappa shape index (κ2) is 6.41. The van der Waals surface area contributed by atoms with E-state index in [-0.39, 0.29) is 21.7 Å². The van der Waals surface area contributed by atoms with Crippen LogP contribution in [0, 0.1) is 5.82 Å². The fraction of sp³-hybridized carbons (Fsp3) is 0.200. The van der Waals surface area contributed by atoms with Crippen molar-refractivity contribution in [3.05, 3.63) is 63.6 Å². The minimum Gasteiger partial charge on any atom is -0.333 e. The average Bonchev–Trinajstić information content (AvgIpc) is 2.48. The van der Waals surface area contributed by atoms with Crippen LogP contribution in [-0.4, -0.2) is 22.8 Å². The molecule has 0 radical (unpaired) electrons. The Bertz CT molecular complexity index is 678. The summed E-state index contributed by atoms with van der Waals surface area (Å²) in [5.74, 6) is -0.784. The third-order valence-electron chi connectivity index (χ3n) is 3.27. The van der Waals surface area contributed by atoms with Crippen LogP contribution in [0.5, 0.6) is 0 Å². The van der Waals surface area contributed by atoms with E-state index in [1.54, 1.807) is 32.2 Å². The van der Waals surface area contributed by atoms with Gasteiger partial charge < -0.3 is 4.90 Å². The summed E-state index contributed by atoms with van der Waals surface area (Å²) in [5, 5.41) is 0.381. The number of carbonyl (C=O) groups is 1. The lowest BCUT2D eigenvalue weighted by Crippen LogP contribution is -2.31. The van der Waals surface area contributed by atoms with E-state index in [9.17, 15) is 9.18 Å². The van der Waals surface area contributed by atoms with Crippen LogP contribution in [0.15, 0.2) is 36.4 Å². The van der Waals surface area contributed by atoms with E-state index in [0.717, 1.165) is 0 Å². The van der Waals surface area contributed by atoms with Gasteiger partial charge in [-0.3, -0.25) is 4.79 Å². The van der Waals surface area contributed by atoms with Gasteiger partial charge >= 0.3 is 0 Å². The van der Waals surface area contributed by atoms with Gasteiger partial charge in [0.05, 0.1) is 11.1 Å². The molecule has 3 nitrogen and oxygen atoms in total. The highest BCUT2D eigenvalue weighted by atomic mass is 35.5. The summed E-state index contributed by atoms with van der Waals surface area (Å²) in [5.41, 5.74) is 0.473. The number of hydrogen-bond acceptors (Lipinski definition) is 2. The Hall–Kier alpha value is -1.65. The van der Waals surface area contributed by atoms with Crippen molar-refractivity contribution >= 4 is 29.1 Å². The Kier molecular flexibility index (Phi) is 4.80. The van der Waals surface area contributed by atoms with Crippen molar-refractivity contribution in [2.24, 2.45) is 0 Å². The number of amides is 1. The summed E-state index contributed by atoms with van der Waals surface area (Å²) >= 11 is 11.8. The van der Waals surface area contributed by atoms with Crippen LogP contribution in [0.2, 0.25) is 10.2 Å². The van der Waals surface area contributed by atoms with E-state index in [1.807, 2.05) is 0 Å². The van der Waals surface area contributed by atoms with Crippen molar-refractivity contribution in [1.82, 2.24) is 9.88 Å². The number of hydrogen-bond donors (Lipinski definition) is 0. The fourth-order valence-electron chi connectivity index (χ4n) is 1.93. The second-order valence-corrected chi connectivity index (χ2v) is 5.37. The number of pyridine rings is 1. The molecule has 21 heavy (non-hydrogen) atoms. The van der Waals surface area contributed by atoms with E-state index in [4.69, 9.17) is 23.2 Å². The van der Waals surface area contributed by atoms with Crippen molar-refractivity contribution in [3.63, 3.8) is 0 Å². The highest BCUT2D eigenvalue weighted by Gasteiger charge is 2.24. The van der Waals surface area contributed by atoms with Gasteiger partial charge in [0.1, 0.15) is 16.7 Å². The second-order valence-electron chi connectivity index (χ2n) is 4.58. The molecule has 1 aromatic heterocycles. The molecule has 0 bridgehead atoms. The van der Waals surface area contributed by atoms with Gasteiger partial charge in [-0.15, -0.1) is 0 Å². The highest BCUT2D eigenvalue weighted by Crippen LogP contribution is 2.25. The van der Waals surface area contributed by atoms with Gasteiger partial charge in [-0.05, 0) is 25.1 Å². The monoisotopic (exact) mass is 326 g/mol. The molecule has 1 amide bonds. The van der Waals surface area contributed by atoms with E-state index in [1.165, 1.54) is 23.1 Å². The minimum absolute atomic E-state index is 0.0508. The lowest BCUT2D eigenvalue weighted by Gasteiger charge is -2.25. The zero-order valence-corrected chi connectivity index (χ0v) is 13.0. The zero-order valence-electron chi connectivity index (χ0n) is 11.5. The van der Waals surface area contributed by atoms with Crippen LogP contribution in [0.3, 0.4) is 0 Å². The Labute approximate surface area is 132 Å². The predicted molar refractivity (Wildman–Crippen MR) is 81.2 cm³/mol. The summed E-state index contributed by atoms with van der Waals surface area (Å²) in [6, 6.07) is 8.86. The largest absolute Gasteiger partial charge is 0.333 e. The topological polar surface area (TPSA) is 33.2 Å². The molecule has 6 heteroatoms. The van der Waals surface area contributed by atoms with E-state index < -0.39 is 11.9 Å². The van der Waals surface area contributed by atoms with Gasteiger partial charge in [0.2, 0.25) is 0 Å². The molecule has 0 saturated heterocycles. The van der Waals surface area contributed by atoms with Gasteiger partial charge in [-0.25, -0.2) is 9.37 Å². The third-order valence-corrected chi connectivity index (χ3v) is 3.79. The normalized spacial score (nSPS) is 12.0. The van der Waals surface area contributed by atoms with Gasteiger partial charge in [0, 0.05) is 12.6 Å². The van der Waals surface area contributed by atoms with Crippen LogP contribution in [-0.2, 0) is 0 Å². The first kappa shape index (κ1) is 15.7. The molecule has 1 heterocycles. The van der Waals surface area contributed by atoms with Crippen LogP contribution in [0.25, 0.3) is 0 Å². The van der Waals surface area contributed by atoms with Crippen LogP contribution < -0.4 is 0 Å². The van der Waals surface area contributed by atoms with Crippen molar-refractivity contribution in [3.8, 4) is 0 Å². The number of benzene rings is 1. The van der Waals surface area contributed by atoms with Crippen LogP contribution in [0.4, 0.5) is 4.39 Å². The average molecular weight is 327 g/mol. The Morgan fingerprint density at radius 3 is 2.57 bits per heavy atom. The molecule has 0 spiro atoms. The van der Waals surface area contributed by atoms with Gasteiger partial charge in [0.15, 0.2) is 0 Å². The molecule has 0 aliphatic carbocycles. The molecule has 0 N–H and O–H groups in total. The Morgan fingerprint density at radius 2 is 1.90 bits per heavy atom. The fourth-order valence-corrected chi connectivity index (χ4v) is 2.27. The summed E-state index contributed by atoms with van der Waals surface area (Å²) in [6.07, 6.45) is 0. The molecule has 0 saturated carbocycles. The highest BCUT2D eigenvalue weighted by molar-refractivity contribution is 6.34. The quantitative estimate of drug-likeness (QED) is 0.785. The molecule has 1 unspecified atom stereocenters. The number of rotatable bonds is 3.